The van der Waals surface area contributed by atoms with Crippen LogP contribution in [0.15, 0.2) is 11.4 Å². The number of nitrogens with zero attached hydrogens (tertiary/aromatic N) is 2. The molecule has 0 radical (unpaired) electrons. The Bertz CT molecular complexity index is 874. The van der Waals surface area contributed by atoms with E-state index < -0.39 is 12.0 Å². The fourth-order valence-electron chi connectivity index (χ4n) is 2.57. The first-order valence-electron chi connectivity index (χ1n) is 8.41. The van der Waals surface area contributed by atoms with Gasteiger partial charge in [0.25, 0.3) is 11.8 Å². The third-order valence-electron chi connectivity index (χ3n) is 3.81. The second-order valence-electron chi connectivity index (χ2n) is 6.40. The number of hydrogen-bond acceptors (Lipinski definition) is 8. The van der Waals surface area contributed by atoms with Gasteiger partial charge in [0, 0.05) is 18.0 Å². The van der Waals surface area contributed by atoms with E-state index in [-0.39, 0.29) is 17.6 Å². The molecule has 8 nitrogen and oxygen atoms in total. The van der Waals surface area contributed by atoms with Crippen LogP contribution in [0.3, 0.4) is 0 Å². The molecule has 3 amide bonds. The van der Waals surface area contributed by atoms with Crippen LogP contribution in [-0.2, 0) is 17.7 Å². The van der Waals surface area contributed by atoms with Gasteiger partial charge in [-0.3, -0.25) is 14.9 Å². The lowest BCUT2D eigenvalue weighted by molar-refractivity contribution is 0.0877. The summed E-state index contributed by atoms with van der Waals surface area (Å²) in [5, 5.41) is 7.27. The molecule has 2 aromatic rings. The first-order valence-corrected chi connectivity index (χ1v) is 10.1. The average Bonchev–Trinajstić information content (AvgIpc) is 3.19. The summed E-state index contributed by atoms with van der Waals surface area (Å²) in [4.78, 5) is 44.1. The van der Waals surface area contributed by atoms with Crippen LogP contribution in [0.5, 0.6) is 0 Å². The molecule has 1 aliphatic heterocycles. The molecule has 2 N–H and O–H groups in total. The van der Waals surface area contributed by atoms with Crippen LogP contribution in [0.2, 0.25) is 0 Å². The Morgan fingerprint density at radius 2 is 2.07 bits per heavy atom. The first-order chi connectivity index (χ1) is 12.8. The number of hydrogen-bond donors (Lipinski definition) is 2. The Morgan fingerprint density at radius 1 is 1.30 bits per heavy atom. The number of thiophene rings is 1. The zero-order valence-electron chi connectivity index (χ0n) is 15.2. The normalized spacial score (nSPS) is 13.9. The quantitative estimate of drug-likeness (QED) is 0.807. The van der Waals surface area contributed by atoms with Crippen LogP contribution in [0.4, 0.5) is 9.80 Å². The van der Waals surface area contributed by atoms with E-state index in [1.165, 1.54) is 22.7 Å². The second kappa shape index (κ2) is 8.15. The van der Waals surface area contributed by atoms with Crippen molar-refractivity contribution < 1.29 is 19.1 Å². The Labute approximate surface area is 164 Å². The van der Waals surface area contributed by atoms with E-state index >= 15 is 0 Å². The Balaban J connectivity index is 1.68. The van der Waals surface area contributed by atoms with E-state index in [4.69, 9.17) is 4.74 Å². The molecule has 10 heteroatoms. The maximum Gasteiger partial charge on any atom is 0.414 e. The molecule has 144 valence electrons. The van der Waals surface area contributed by atoms with Crippen molar-refractivity contribution in [2.75, 3.05) is 18.9 Å². The van der Waals surface area contributed by atoms with Gasteiger partial charge < -0.3 is 15.0 Å². The SMILES string of the molecule is CC(C)OC(=O)NC(=O)c1ccsc1NC(=O)c1nc2c(s1)CCN(C)C2. The predicted molar refractivity (Wildman–Crippen MR) is 104 cm³/mol. The van der Waals surface area contributed by atoms with Crippen molar-refractivity contribution in [2.45, 2.75) is 32.9 Å². The fourth-order valence-corrected chi connectivity index (χ4v) is 4.31. The number of carbonyl (C=O) groups excluding carboxylic acids is 3. The lowest BCUT2D eigenvalue weighted by Gasteiger charge is -2.20. The van der Waals surface area contributed by atoms with Crippen molar-refractivity contribution in [1.82, 2.24) is 15.2 Å². The van der Waals surface area contributed by atoms with Gasteiger partial charge in [0.15, 0.2) is 5.01 Å². The van der Waals surface area contributed by atoms with Crippen LogP contribution in [0, 0.1) is 0 Å². The number of amides is 3. The minimum Gasteiger partial charge on any atom is -0.447 e. The lowest BCUT2D eigenvalue weighted by atomic mass is 10.2. The first kappa shape index (κ1) is 19.5. The largest absolute Gasteiger partial charge is 0.447 e. The van der Waals surface area contributed by atoms with Crippen molar-refractivity contribution in [3.8, 4) is 0 Å². The molecule has 0 aliphatic carbocycles. The monoisotopic (exact) mass is 408 g/mol. The highest BCUT2D eigenvalue weighted by atomic mass is 32.1. The molecule has 3 rings (SSSR count). The van der Waals surface area contributed by atoms with Crippen molar-refractivity contribution in [3.05, 3.63) is 32.6 Å². The van der Waals surface area contributed by atoms with E-state index in [9.17, 15) is 14.4 Å². The summed E-state index contributed by atoms with van der Waals surface area (Å²) in [5.41, 5.74) is 1.13. The number of fused-ring (bicyclic) bond motifs is 1. The number of alkyl carbamates (subject to hydrolysis) is 1. The Kier molecular flexibility index (Phi) is 5.88. The number of carbonyl (C=O) groups is 3. The summed E-state index contributed by atoms with van der Waals surface area (Å²) in [5.74, 6) is -0.990. The predicted octanol–water partition coefficient (Wildman–Crippen LogP) is 2.72. The van der Waals surface area contributed by atoms with Crippen molar-refractivity contribution in [2.24, 2.45) is 0 Å². The fraction of sp³-hybridized carbons (Fsp3) is 0.412. The van der Waals surface area contributed by atoms with Gasteiger partial charge in [0.05, 0.1) is 17.4 Å². The molecule has 3 heterocycles. The van der Waals surface area contributed by atoms with Gasteiger partial charge in [-0.25, -0.2) is 9.78 Å². The van der Waals surface area contributed by atoms with Crippen LogP contribution in [-0.4, -0.2) is 47.5 Å². The number of thiazole rings is 1. The molecule has 2 aromatic heterocycles. The van der Waals surface area contributed by atoms with E-state index in [0.29, 0.717) is 10.0 Å². The lowest BCUT2D eigenvalue weighted by Crippen LogP contribution is -2.32. The van der Waals surface area contributed by atoms with Crippen molar-refractivity contribution in [1.29, 1.82) is 0 Å². The summed E-state index contributed by atoms with van der Waals surface area (Å²) in [6.45, 7) is 5.04. The molecule has 0 fully saturated rings. The number of aromatic nitrogens is 1. The number of nitrogens with one attached hydrogen (secondary N) is 2. The maximum atomic E-state index is 12.6. The minimum absolute atomic E-state index is 0.204. The molecular formula is C17H20N4O4S2. The molecule has 0 unspecified atom stereocenters. The highest BCUT2D eigenvalue weighted by Crippen LogP contribution is 2.27. The van der Waals surface area contributed by atoms with Gasteiger partial charge in [-0.15, -0.1) is 22.7 Å². The Morgan fingerprint density at radius 3 is 2.81 bits per heavy atom. The smallest absolute Gasteiger partial charge is 0.414 e. The molecule has 0 saturated carbocycles. The minimum atomic E-state index is -0.824. The third-order valence-corrected chi connectivity index (χ3v) is 5.79. The van der Waals surface area contributed by atoms with Crippen LogP contribution in [0.1, 0.15) is 44.6 Å². The zero-order valence-corrected chi connectivity index (χ0v) is 16.8. The van der Waals surface area contributed by atoms with E-state index in [2.05, 4.69) is 20.5 Å². The van der Waals surface area contributed by atoms with Crippen LogP contribution < -0.4 is 10.6 Å². The molecule has 0 bridgehead atoms. The van der Waals surface area contributed by atoms with E-state index in [0.717, 1.165) is 30.1 Å². The van der Waals surface area contributed by atoms with Gasteiger partial charge in [-0.05, 0) is 38.8 Å². The van der Waals surface area contributed by atoms with Crippen molar-refractivity contribution >= 4 is 45.6 Å². The van der Waals surface area contributed by atoms with Gasteiger partial charge in [-0.1, -0.05) is 0 Å². The third kappa shape index (κ3) is 4.71. The molecule has 0 aromatic carbocycles. The number of ether oxygens (including phenoxy) is 1. The van der Waals surface area contributed by atoms with Gasteiger partial charge in [-0.2, -0.15) is 0 Å². The van der Waals surface area contributed by atoms with Crippen LogP contribution >= 0.6 is 22.7 Å². The van der Waals surface area contributed by atoms with Gasteiger partial charge in [0.2, 0.25) is 0 Å². The van der Waals surface area contributed by atoms with Gasteiger partial charge in [0.1, 0.15) is 5.00 Å². The zero-order chi connectivity index (χ0) is 19.6. The summed E-state index contributed by atoms with van der Waals surface area (Å²) in [6.07, 6.45) is -0.286. The average molecular weight is 409 g/mol. The number of imide groups is 1. The summed E-state index contributed by atoms with van der Waals surface area (Å²) in [6, 6.07) is 1.54. The number of anilines is 1. The second-order valence-corrected chi connectivity index (χ2v) is 8.40. The van der Waals surface area contributed by atoms with Crippen molar-refractivity contribution in [3.63, 3.8) is 0 Å². The summed E-state index contributed by atoms with van der Waals surface area (Å²) in [7, 11) is 2.02. The van der Waals surface area contributed by atoms with Gasteiger partial charge >= 0.3 is 6.09 Å². The molecule has 1 aliphatic rings. The highest BCUT2D eigenvalue weighted by molar-refractivity contribution is 7.15. The molecule has 27 heavy (non-hydrogen) atoms. The standard InChI is InChI=1S/C17H20N4O4S2/c1-9(2)25-17(24)20-13(22)10-5-7-26-15(10)19-14(23)16-18-11-8-21(3)6-4-12(11)27-16/h5,7,9H,4,6,8H2,1-3H3,(H,19,23)(H,20,22,24). The van der Waals surface area contributed by atoms with E-state index in [1.807, 2.05) is 7.05 Å². The number of likely N-dealkylation sites (N-methyl/N-ethyl adjacent to an activating group) is 1. The Hall–Kier alpha value is -2.30. The van der Waals surface area contributed by atoms with Crippen LogP contribution in [0.25, 0.3) is 0 Å². The molecule has 0 spiro atoms. The molecular weight excluding hydrogens is 388 g/mol. The summed E-state index contributed by atoms with van der Waals surface area (Å²) >= 11 is 2.58. The molecule has 0 saturated heterocycles. The van der Waals surface area contributed by atoms with E-state index in [1.54, 1.807) is 25.3 Å². The molecule has 0 atom stereocenters. The maximum absolute atomic E-state index is 12.6. The highest BCUT2D eigenvalue weighted by Gasteiger charge is 2.23. The summed E-state index contributed by atoms with van der Waals surface area (Å²) < 4.78 is 4.90. The number of rotatable bonds is 4. The topological polar surface area (TPSA) is 101 Å².